The summed E-state index contributed by atoms with van der Waals surface area (Å²) < 4.78 is 16.4. The van der Waals surface area contributed by atoms with Crippen LogP contribution < -0.4 is 4.74 Å². The highest BCUT2D eigenvalue weighted by Gasteiger charge is 2.07. The fraction of sp³-hybridized carbons (Fsp3) is 0.733. The first kappa shape index (κ1) is 32.6. The molecular weight excluding hydrogens is 500 g/mol. The van der Waals surface area contributed by atoms with Crippen molar-refractivity contribution in [1.82, 2.24) is 10.2 Å². The van der Waals surface area contributed by atoms with Gasteiger partial charge in [-0.25, -0.2) is 0 Å². The van der Waals surface area contributed by atoms with Gasteiger partial charge in [0.15, 0.2) is 0 Å². The molecule has 38 heavy (non-hydrogen) atoms. The molecule has 1 aromatic carbocycles. The zero-order chi connectivity index (χ0) is 27.1. The molecule has 0 saturated carbocycles. The SMILES string of the molecule is CCCCCCCCCCCCCCCc1nnc(-c2ccc(OCCOCCOCC(O)CO)cc2)s1. The van der Waals surface area contributed by atoms with E-state index in [9.17, 15) is 5.11 Å². The van der Waals surface area contributed by atoms with Gasteiger partial charge < -0.3 is 24.4 Å². The van der Waals surface area contributed by atoms with Crippen LogP contribution in [-0.2, 0) is 15.9 Å². The summed E-state index contributed by atoms with van der Waals surface area (Å²) >= 11 is 1.69. The summed E-state index contributed by atoms with van der Waals surface area (Å²) in [6, 6.07) is 7.93. The maximum Gasteiger partial charge on any atom is 0.147 e. The molecule has 1 heterocycles. The second kappa shape index (κ2) is 22.3. The predicted octanol–water partition coefficient (Wildman–Crippen LogP) is 6.60. The molecule has 2 aromatic rings. The van der Waals surface area contributed by atoms with Crippen LogP contribution in [0.15, 0.2) is 24.3 Å². The van der Waals surface area contributed by atoms with E-state index in [1.165, 1.54) is 83.5 Å². The summed E-state index contributed by atoms with van der Waals surface area (Å²) in [5, 5.41) is 28.8. The predicted molar refractivity (Wildman–Crippen MR) is 155 cm³/mol. The molecule has 0 amide bonds. The standard InChI is InChI=1S/C30H50N2O5S/c1-2-3-4-5-6-7-8-9-10-11-12-13-14-15-29-31-32-30(38-29)26-16-18-28(19-17-26)37-23-22-35-20-21-36-25-27(34)24-33/h16-19,27,33-34H,2-15,20-25H2,1H3. The highest BCUT2D eigenvalue weighted by molar-refractivity contribution is 7.14. The highest BCUT2D eigenvalue weighted by Crippen LogP contribution is 2.26. The molecule has 0 spiro atoms. The van der Waals surface area contributed by atoms with Crippen molar-refractivity contribution in [2.75, 3.05) is 39.6 Å². The summed E-state index contributed by atoms with van der Waals surface area (Å²) in [5.41, 5.74) is 1.06. The summed E-state index contributed by atoms with van der Waals surface area (Å²) in [6.07, 6.45) is 18.0. The minimum Gasteiger partial charge on any atom is -0.491 e. The Morgan fingerprint density at radius 3 is 1.95 bits per heavy atom. The van der Waals surface area contributed by atoms with E-state index >= 15 is 0 Å². The maximum absolute atomic E-state index is 9.18. The van der Waals surface area contributed by atoms with E-state index < -0.39 is 6.10 Å². The maximum atomic E-state index is 9.18. The fourth-order valence-electron chi connectivity index (χ4n) is 4.17. The van der Waals surface area contributed by atoms with Crippen molar-refractivity contribution in [3.8, 4) is 16.3 Å². The molecule has 0 saturated heterocycles. The smallest absolute Gasteiger partial charge is 0.147 e. The van der Waals surface area contributed by atoms with E-state index in [1.807, 2.05) is 24.3 Å². The molecule has 2 rings (SSSR count). The summed E-state index contributed by atoms with van der Waals surface area (Å²) in [4.78, 5) is 0. The number of unbranched alkanes of at least 4 members (excludes halogenated alkanes) is 12. The monoisotopic (exact) mass is 550 g/mol. The van der Waals surface area contributed by atoms with Crippen LogP contribution in [0.1, 0.15) is 95.4 Å². The molecule has 7 nitrogen and oxygen atoms in total. The van der Waals surface area contributed by atoms with Gasteiger partial charge in [-0.15, -0.1) is 10.2 Å². The normalized spacial score (nSPS) is 12.2. The second-order valence-electron chi connectivity index (χ2n) is 9.89. The molecule has 0 bridgehead atoms. The van der Waals surface area contributed by atoms with E-state index in [4.69, 9.17) is 19.3 Å². The molecule has 8 heteroatoms. The molecule has 0 radical (unpaired) electrons. The largest absolute Gasteiger partial charge is 0.491 e. The van der Waals surface area contributed by atoms with E-state index in [-0.39, 0.29) is 13.2 Å². The third-order valence-corrected chi connectivity index (χ3v) is 7.48. The molecule has 216 valence electrons. The van der Waals surface area contributed by atoms with Crippen molar-refractivity contribution in [3.05, 3.63) is 29.3 Å². The number of aliphatic hydroxyl groups excluding tert-OH is 2. The average molecular weight is 551 g/mol. The van der Waals surface area contributed by atoms with Gasteiger partial charge in [-0.3, -0.25) is 0 Å². The van der Waals surface area contributed by atoms with Crippen LogP contribution in [0.4, 0.5) is 0 Å². The Bertz CT molecular complexity index is 802. The number of benzene rings is 1. The number of aryl methyl sites for hydroxylation is 1. The molecular formula is C30H50N2O5S. The zero-order valence-corrected chi connectivity index (χ0v) is 24.3. The molecule has 0 aliphatic carbocycles. The second-order valence-corrected chi connectivity index (χ2v) is 11.0. The molecule has 0 aliphatic heterocycles. The van der Waals surface area contributed by atoms with Crippen LogP contribution in [0.25, 0.3) is 10.6 Å². The van der Waals surface area contributed by atoms with Gasteiger partial charge in [0.25, 0.3) is 0 Å². The van der Waals surface area contributed by atoms with Crippen molar-refractivity contribution >= 4 is 11.3 Å². The third-order valence-electron chi connectivity index (χ3n) is 6.45. The van der Waals surface area contributed by atoms with Gasteiger partial charge in [0.1, 0.15) is 28.5 Å². The third kappa shape index (κ3) is 15.7. The Hall–Kier alpha value is -1.58. The molecule has 1 aromatic heterocycles. The first-order valence-electron chi connectivity index (χ1n) is 14.7. The van der Waals surface area contributed by atoms with Gasteiger partial charge in [-0.05, 0) is 30.7 Å². The molecule has 0 aliphatic rings. The number of aliphatic hydroxyl groups is 2. The van der Waals surface area contributed by atoms with Crippen LogP contribution in [-0.4, -0.2) is 66.2 Å². The average Bonchev–Trinajstić information content (AvgIpc) is 3.42. The number of ether oxygens (including phenoxy) is 3. The number of hydrogen-bond acceptors (Lipinski definition) is 8. The van der Waals surface area contributed by atoms with E-state index in [0.717, 1.165) is 27.7 Å². The van der Waals surface area contributed by atoms with E-state index in [2.05, 4.69) is 17.1 Å². The fourth-order valence-corrected chi connectivity index (χ4v) is 5.06. The number of hydrogen-bond donors (Lipinski definition) is 2. The topological polar surface area (TPSA) is 93.9 Å². The van der Waals surface area contributed by atoms with Gasteiger partial charge in [0.2, 0.25) is 0 Å². The van der Waals surface area contributed by atoms with Crippen LogP contribution >= 0.6 is 11.3 Å². The van der Waals surface area contributed by atoms with Crippen molar-refractivity contribution < 1.29 is 24.4 Å². The first-order valence-corrected chi connectivity index (χ1v) is 15.5. The van der Waals surface area contributed by atoms with Crippen molar-refractivity contribution in [3.63, 3.8) is 0 Å². The van der Waals surface area contributed by atoms with Crippen LogP contribution in [0, 0.1) is 0 Å². The van der Waals surface area contributed by atoms with Gasteiger partial charge in [-0.2, -0.15) is 0 Å². The number of rotatable bonds is 25. The summed E-state index contributed by atoms with van der Waals surface area (Å²) in [5.74, 6) is 0.788. The van der Waals surface area contributed by atoms with Gasteiger partial charge in [0.05, 0.1) is 33.0 Å². The quantitative estimate of drug-likeness (QED) is 0.134. The summed E-state index contributed by atoms with van der Waals surface area (Å²) in [7, 11) is 0. The Morgan fingerprint density at radius 2 is 1.32 bits per heavy atom. The van der Waals surface area contributed by atoms with Crippen molar-refractivity contribution in [1.29, 1.82) is 0 Å². The van der Waals surface area contributed by atoms with Gasteiger partial charge >= 0.3 is 0 Å². The lowest BCUT2D eigenvalue weighted by Gasteiger charge is -2.09. The van der Waals surface area contributed by atoms with Crippen molar-refractivity contribution in [2.24, 2.45) is 0 Å². The zero-order valence-electron chi connectivity index (χ0n) is 23.5. The Kier molecular flexibility index (Phi) is 19.1. The minimum atomic E-state index is -0.836. The number of nitrogens with zero attached hydrogens (tertiary/aromatic N) is 2. The lowest BCUT2D eigenvalue weighted by atomic mass is 10.0. The van der Waals surface area contributed by atoms with Crippen molar-refractivity contribution in [2.45, 2.75) is 103 Å². The molecule has 1 unspecified atom stereocenters. The molecule has 0 fully saturated rings. The molecule has 2 N–H and O–H groups in total. The van der Waals surface area contributed by atoms with Gasteiger partial charge in [0, 0.05) is 12.0 Å². The Balaban J connectivity index is 1.48. The molecule has 1 atom stereocenters. The van der Waals surface area contributed by atoms with Crippen LogP contribution in [0.2, 0.25) is 0 Å². The lowest BCUT2D eigenvalue weighted by molar-refractivity contribution is -0.0174. The van der Waals surface area contributed by atoms with Crippen LogP contribution in [0.5, 0.6) is 5.75 Å². The first-order chi connectivity index (χ1) is 18.7. The van der Waals surface area contributed by atoms with E-state index in [0.29, 0.717) is 26.4 Å². The summed E-state index contributed by atoms with van der Waals surface area (Å²) in [6.45, 7) is 3.77. The Morgan fingerprint density at radius 1 is 0.737 bits per heavy atom. The minimum absolute atomic E-state index is 0.109. The Labute approximate surface area is 233 Å². The van der Waals surface area contributed by atoms with Crippen LogP contribution in [0.3, 0.4) is 0 Å². The van der Waals surface area contributed by atoms with E-state index in [1.54, 1.807) is 11.3 Å². The number of aromatic nitrogens is 2. The highest BCUT2D eigenvalue weighted by atomic mass is 32.1. The lowest BCUT2D eigenvalue weighted by Crippen LogP contribution is -2.21. The van der Waals surface area contributed by atoms with Gasteiger partial charge in [-0.1, -0.05) is 95.3 Å².